The van der Waals surface area contributed by atoms with E-state index < -0.39 is 30.2 Å². The molecule has 2 aliphatic rings. The first kappa shape index (κ1) is 31.4. The van der Waals surface area contributed by atoms with Gasteiger partial charge in [-0.2, -0.15) is 0 Å². The van der Waals surface area contributed by atoms with Gasteiger partial charge in [-0.05, 0) is 30.2 Å². The zero-order chi connectivity index (χ0) is 28.9. The maximum absolute atomic E-state index is 13.6. The lowest BCUT2D eigenvalue weighted by Gasteiger charge is -2.32. The lowest BCUT2D eigenvalue weighted by Crippen LogP contribution is -2.57. The smallest absolute Gasteiger partial charge is 0.408 e. The molecule has 10 nitrogen and oxygen atoms in total. The van der Waals surface area contributed by atoms with Crippen molar-refractivity contribution in [3.8, 4) is 0 Å². The van der Waals surface area contributed by atoms with Gasteiger partial charge in [-0.1, -0.05) is 76.3 Å². The summed E-state index contributed by atoms with van der Waals surface area (Å²) < 4.78 is 5.34. The zero-order valence-corrected chi connectivity index (χ0v) is 23.9. The fourth-order valence-electron chi connectivity index (χ4n) is 5.32. The van der Waals surface area contributed by atoms with Gasteiger partial charge in [0.1, 0.15) is 12.6 Å². The number of amides is 4. The lowest BCUT2D eigenvalue weighted by molar-refractivity contribution is -0.131. The number of carbonyl (C=O) groups excluding carboxylic acids is 4. The largest absolute Gasteiger partial charge is 0.445 e. The number of hydrogen-bond donors (Lipinski definition) is 4. The molecule has 1 aromatic rings. The van der Waals surface area contributed by atoms with Crippen molar-refractivity contribution >= 4 is 23.8 Å². The molecule has 1 aliphatic carbocycles. The summed E-state index contributed by atoms with van der Waals surface area (Å²) >= 11 is 0. The summed E-state index contributed by atoms with van der Waals surface area (Å²) in [6.07, 6.45) is 5.05. The van der Waals surface area contributed by atoms with Crippen LogP contribution < -0.4 is 16.0 Å². The molecule has 2 fully saturated rings. The van der Waals surface area contributed by atoms with E-state index in [0.29, 0.717) is 38.3 Å². The minimum atomic E-state index is -1.09. The molecule has 4 N–H and O–H groups in total. The van der Waals surface area contributed by atoms with E-state index in [9.17, 15) is 24.3 Å². The summed E-state index contributed by atoms with van der Waals surface area (Å²) in [5.41, 5.74) is 0.805. The standard InChI is InChI=1S/C30H46N4O6/c1-21(2)18-31-27(36)17-26(35)24(16-22-10-5-3-6-11-22)32-29(38)25(19-34-15-9-14-28(34)37)33-30(39)40-20-23-12-7-4-8-13-23/h4,7-8,12-13,21-22,24-26,35H,3,5-6,9-11,14-20H2,1-2H3,(H,31,36)(H,32,38)(H,33,39)/t24-,25-,26-/m0/s1. The van der Waals surface area contributed by atoms with Crippen molar-refractivity contribution in [3.63, 3.8) is 0 Å². The Balaban J connectivity index is 1.68. The van der Waals surface area contributed by atoms with Crippen LogP contribution >= 0.6 is 0 Å². The zero-order valence-electron chi connectivity index (χ0n) is 23.9. The normalized spacial score (nSPS) is 18.2. The summed E-state index contributed by atoms with van der Waals surface area (Å²) in [7, 11) is 0. The lowest BCUT2D eigenvalue weighted by atomic mass is 9.83. The van der Waals surface area contributed by atoms with Crippen LogP contribution in [-0.2, 0) is 25.7 Å². The van der Waals surface area contributed by atoms with E-state index in [-0.39, 0.29) is 37.3 Å². The number of ether oxygens (including phenoxy) is 1. The van der Waals surface area contributed by atoms with Crippen LogP contribution in [0.3, 0.4) is 0 Å². The van der Waals surface area contributed by atoms with Gasteiger partial charge in [0, 0.05) is 19.5 Å². The van der Waals surface area contributed by atoms with Gasteiger partial charge >= 0.3 is 6.09 Å². The van der Waals surface area contributed by atoms with Gasteiger partial charge in [-0.25, -0.2) is 4.79 Å². The number of aliphatic hydroxyl groups excluding tert-OH is 1. The Kier molecular flexibility index (Phi) is 12.7. The third-order valence-corrected chi connectivity index (χ3v) is 7.60. The van der Waals surface area contributed by atoms with E-state index in [0.717, 1.165) is 31.2 Å². The first-order chi connectivity index (χ1) is 19.2. The second-order valence-corrected chi connectivity index (χ2v) is 11.5. The Labute approximate surface area is 237 Å². The molecule has 0 radical (unpaired) electrons. The van der Waals surface area contributed by atoms with E-state index in [4.69, 9.17) is 4.74 Å². The number of alkyl carbamates (subject to hydrolysis) is 1. The Hall–Kier alpha value is -3.14. The molecule has 0 unspecified atom stereocenters. The maximum Gasteiger partial charge on any atom is 0.408 e. The molecule has 0 spiro atoms. The van der Waals surface area contributed by atoms with Gasteiger partial charge in [0.25, 0.3) is 0 Å². The highest BCUT2D eigenvalue weighted by Crippen LogP contribution is 2.28. The molecule has 0 aromatic heterocycles. The van der Waals surface area contributed by atoms with Gasteiger partial charge in [-0.3, -0.25) is 14.4 Å². The molecule has 1 heterocycles. The van der Waals surface area contributed by atoms with Gasteiger partial charge in [0.15, 0.2) is 0 Å². The Morgan fingerprint density at radius 3 is 2.42 bits per heavy atom. The first-order valence-corrected chi connectivity index (χ1v) is 14.7. The second kappa shape index (κ2) is 16.2. The van der Waals surface area contributed by atoms with Crippen LogP contribution in [0.5, 0.6) is 0 Å². The van der Waals surface area contributed by atoms with Crippen molar-refractivity contribution in [2.24, 2.45) is 11.8 Å². The predicted molar refractivity (Wildman–Crippen MR) is 151 cm³/mol. The second-order valence-electron chi connectivity index (χ2n) is 11.5. The predicted octanol–water partition coefficient (Wildman–Crippen LogP) is 2.88. The fraction of sp³-hybridized carbons (Fsp3) is 0.667. The maximum atomic E-state index is 13.6. The topological polar surface area (TPSA) is 137 Å². The van der Waals surface area contributed by atoms with Crippen LogP contribution in [0.4, 0.5) is 4.79 Å². The number of nitrogens with one attached hydrogen (secondary N) is 3. The van der Waals surface area contributed by atoms with E-state index >= 15 is 0 Å². The molecular formula is C30H46N4O6. The minimum Gasteiger partial charge on any atom is -0.445 e. The highest BCUT2D eigenvalue weighted by molar-refractivity contribution is 5.87. The van der Waals surface area contributed by atoms with Crippen molar-refractivity contribution in [1.82, 2.24) is 20.9 Å². The quantitative estimate of drug-likeness (QED) is 0.277. The van der Waals surface area contributed by atoms with Gasteiger partial charge in [-0.15, -0.1) is 0 Å². The molecular weight excluding hydrogens is 512 g/mol. The van der Waals surface area contributed by atoms with Crippen molar-refractivity contribution in [2.75, 3.05) is 19.6 Å². The van der Waals surface area contributed by atoms with E-state index in [1.807, 2.05) is 44.2 Å². The molecule has 4 amide bonds. The number of aliphatic hydroxyl groups is 1. The highest BCUT2D eigenvalue weighted by Gasteiger charge is 2.33. The van der Waals surface area contributed by atoms with E-state index in [1.165, 1.54) is 6.42 Å². The molecule has 222 valence electrons. The van der Waals surface area contributed by atoms with Crippen molar-refractivity contribution < 1.29 is 29.0 Å². The van der Waals surface area contributed by atoms with Crippen molar-refractivity contribution in [1.29, 1.82) is 0 Å². The molecule has 3 rings (SSSR count). The molecule has 1 saturated heterocycles. The number of likely N-dealkylation sites (tertiary alicyclic amines) is 1. The fourth-order valence-corrected chi connectivity index (χ4v) is 5.32. The van der Waals surface area contributed by atoms with Crippen LogP contribution in [0.15, 0.2) is 30.3 Å². The summed E-state index contributed by atoms with van der Waals surface area (Å²) in [5.74, 6) is -0.252. The van der Waals surface area contributed by atoms with Crippen LogP contribution in [0.2, 0.25) is 0 Å². The number of nitrogens with zero attached hydrogens (tertiary/aromatic N) is 1. The Bertz CT molecular complexity index is 966. The molecule has 1 aromatic carbocycles. The minimum absolute atomic E-state index is 0.00617. The third kappa shape index (κ3) is 10.8. The monoisotopic (exact) mass is 558 g/mol. The van der Waals surface area contributed by atoms with Crippen LogP contribution in [-0.4, -0.2) is 71.6 Å². The number of hydrogen-bond acceptors (Lipinski definition) is 6. The number of benzene rings is 1. The first-order valence-electron chi connectivity index (χ1n) is 14.7. The summed E-state index contributed by atoms with van der Waals surface area (Å²) in [5, 5.41) is 19.5. The van der Waals surface area contributed by atoms with Crippen LogP contribution in [0.25, 0.3) is 0 Å². The third-order valence-electron chi connectivity index (χ3n) is 7.60. The number of carbonyl (C=O) groups is 4. The van der Waals surface area contributed by atoms with Crippen molar-refractivity contribution in [3.05, 3.63) is 35.9 Å². The Morgan fingerprint density at radius 1 is 1.05 bits per heavy atom. The molecule has 1 saturated carbocycles. The van der Waals surface area contributed by atoms with Gasteiger partial charge in [0.2, 0.25) is 17.7 Å². The SMILES string of the molecule is CC(C)CNC(=O)C[C@H](O)[C@H](CC1CCCCC1)NC(=O)[C@H](CN1CCCC1=O)NC(=O)OCc1ccccc1. The highest BCUT2D eigenvalue weighted by atomic mass is 16.5. The molecule has 10 heteroatoms. The van der Waals surface area contributed by atoms with Crippen LogP contribution in [0, 0.1) is 11.8 Å². The molecule has 0 bridgehead atoms. The number of rotatable bonds is 14. The average Bonchev–Trinajstić information content (AvgIpc) is 3.35. The van der Waals surface area contributed by atoms with Crippen molar-refractivity contribution in [2.45, 2.75) is 96.4 Å². The summed E-state index contributed by atoms with van der Waals surface area (Å²) in [4.78, 5) is 52.6. The summed E-state index contributed by atoms with van der Waals surface area (Å²) in [6.45, 7) is 5.04. The molecule has 40 heavy (non-hydrogen) atoms. The van der Waals surface area contributed by atoms with Gasteiger partial charge in [0.05, 0.1) is 25.1 Å². The summed E-state index contributed by atoms with van der Waals surface area (Å²) in [6, 6.07) is 7.47. The molecule has 3 atom stereocenters. The Morgan fingerprint density at radius 2 is 1.77 bits per heavy atom. The van der Waals surface area contributed by atoms with E-state index in [1.54, 1.807) is 4.90 Å². The average molecular weight is 559 g/mol. The van der Waals surface area contributed by atoms with Crippen LogP contribution in [0.1, 0.15) is 77.2 Å². The molecule has 1 aliphatic heterocycles. The van der Waals surface area contributed by atoms with Gasteiger partial charge < -0.3 is 30.7 Å². The van der Waals surface area contributed by atoms with E-state index in [2.05, 4.69) is 16.0 Å².